The molecule has 0 spiro atoms. The molecule has 0 saturated heterocycles. The van der Waals surface area contributed by atoms with Crippen molar-refractivity contribution in [1.29, 1.82) is 0 Å². The third-order valence-electron chi connectivity index (χ3n) is 3.33. The quantitative estimate of drug-likeness (QED) is 0.553. The highest BCUT2D eigenvalue weighted by Crippen LogP contribution is 2.34. The summed E-state index contributed by atoms with van der Waals surface area (Å²) in [4.78, 5) is 11.2. The molecule has 0 atom stereocenters. The molecule has 0 fully saturated rings. The third-order valence-corrected chi connectivity index (χ3v) is 3.33. The first kappa shape index (κ1) is 14.7. The van der Waals surface area contributed by atoms with Crippen molar-refractivity contribution in [3.8, 4) is 0 Å². The van der Waals surface area contributed by atoms with Crippen LogP contribution in [0.15, 0.2) is 34.4 Å². The van der Waals surface area contributed by atoms with Crippen molar-refractivity contribution in [2.75, 3.05) is 7.11 Å². The van der Waals surface area contributed by atoms with Gasteiger partial charge in [0.05, 0.1) is 7.11 Å². The van der Waals surface area contributed by atoms with E-state index in [-0.39, 0.29) is 5.97 Å². The van der Waals surface area contributed by atoms with Crippen LogP contribution in [0, 0.1) is 5.92 Å². The van der Waals surface area contributed by atoms with Crippen LogP contribution in [0.5, 0.6) is 0 Å². The molecule has 0 amide bonds. The molecule has 0 bridgehead atoms. The zero-order valence-electron chi connectivity index (χ0n) is 12.2. The summed E-state index contributed by atoms with van der Waals surface area (Å²) in [5.74, 6) is 0.259. The van der Waals surface area contributed by atoms with E-state index in [2.05, 4.69) is 31.6 Å². The van der Waals surface area contributed by atoms with E-state index in [9.17, 15) is 4.79 Å². The Morgan fingerprint density at radius 2 is 2.00 bits per heavy atom. The van der Waals surface area contributed by atoms with Crippen molar-refractivity contribution in [3.63, 3.8) is 0 Å². The molecular weight excluding hydrogens is 224 g/mol. The van der Waals surface area contributed by atoms with Crippen LogP contribution in [0.3, 0.4) is 0 Å². The van der Waals surface area contributed by atoms with Crippen LogP contribution in [0.4, 0.5) is 0 Å². The monoisotopic (exact) mass is 248 g/mol. The second-order valence-electron chi connectivity index (χ2n) is 5.28. The second kappa shape index (κ2) is 6.58. The maximum atomic E-state index is 11.2. The van der Waals surface area contributed by atoms with E-state index in [1.807, 2.05) is 6.92 Å². The van der Waals surface area contributed by atoms with Crippen LogP contribution in [0.25, 0.3) is 0 Å². The molecule has 0 heterocycles. The smallest absolute Gasteiger partial charge is 0.330 e. The fourth-order valence-corrected chi connectivity index (χ4v) is 2.66. The average molecular weight is 248 g/mol. The molecule has 0 saturated carbocycles. The molecule has 0 aromatic rings. The van der Waals surface area contributed by atoms with Crippen molar-refractivity contribution in [2.45, 2.75) is 47.0 Å². The minimum atomic E-state index is -0.285. The molecule has 0 aromatic heterocycles. The molecule has 0 aliphatic heterocycles. The Hall–Kier alpha value is -1.31. The number of esters is 1. The lowest BCUT2D eigenvalue weighted by Gasteiger charge is -2.24. The predicted octanol–water partition coefficient (Wildman–Crippen LogP) is 4.19. The highest BCUT2D eigenvalue weighted by atomic mass is 16.5. The lowest BCUT2D eigenvalue weighted by molar-refractivity contribution is -0.134. The van der Waals surface area contributed by atoms with E-state index in [1.165, 1.54) is 36.7 Å². The van der Waals surface area contributed by atoms with E-state index < -0.39 is 0 Å². The van der Waals surface area contributed by atoms with Crippen LogP contribution in [0.2, 0.25) is 0 Å². The number of carbonyl (C=O) groups excluding carboxylic acids is 1. The van der Waals surface area contributed by atoms with Gasteiger partial charge in [-0.3, -0.25) is 0 Å². The summed E-state index contributed by atoms with van der Waals surface area (Å²) in [6.07, 6.45) is 7.20. The predicted molar refractivity (Wildman–Crippen MR) is 75.2 cm³/mol. The van der Waals surface area contributed by atoms with E-state index in [1.54, 1.807) is 6.08 Å². The number of methoxy groups -OCH3 is 1. The summed E-state index contributed by atoms with van der Waals surface area (Å²) >= 11 is 0. The minimum Gasteiger partial charge on any atom is -0.466 e. The Kier molecular flexibility index (Phi) is 5.39. The number of rotatable bonds is 3. The van der Waals surface area contributed by atoms with Crippen molar-refractivity contribution >= 4 is 5.97 Å². The molecule has 2 heteroatoms. The van der Waals surface area contributed by atoms with Gasteiger partial charge in [0.25, 0.3) is 0 Å². The first-order chi connectivity index (χ1) is 8.45. The molecular formula is C16H24O2. The average Bonchev–Trinajstić information content (AvgIpc) is 2.28. The molecule has 1 aliphatic carbocycles. The van der Waals surface area contributed by atoms with Crippen LogP contribution >= 0.6 is 0 Å². The molecule has 1 rings (SSSR count). The Morgan fingerprint density at radius 3 is 2.56 bits per heavy atom. The topological polar surface area (TPSA) is 26.3 Å². The first-order valence-electron chi connectivity index (χ1n) is 6.62. The Balaban J connectivity index is 3.03. The van der Waals surface area contributed by atoms with Crippen LogP contribution in [0.1, 0.15) is 47.0 Å². The maximum Gasteiger partial charge on any atom is 0.330 e. The van der Waals surface area contributed by atoms with Crippen molar-refractivity contribution in [1.82, 2.24) is 0 Å². The summed E-state index contributed by atoms with van der Waals surface area (Å²) in [5, 5.41) is 0. The van der Waals surface area contributed by atoms with Crippen molar-refractivity contribution in [3.05, 3.63) is 34.4 Å². The van der Waals surface area contributed by atoms with Crippen LogP contribution < -0.4 is 0 Å². The number of hydrogen-bond acceptors (Lipinski definition) is 2. The van der Waals surface area contributed by atoms with Gasteiger partial charge in [0.1, 0.15) is 0 Å². The van der Waals surface area contributed by atoms with E-state index >= 15 is 0 Å². The largest absolute Gasteiger partial charge is 0.466 e. The third kappa shape index (κ3) is 3.86. The number of allylic oxidation sites excluding steroid dienone is 5. The molecule has 2 nitrogen and oxygen atoms in total. The fourth-order valence-electron chi connectivity index (χ4n) is 2.66. The fraction of sp³-hybridized carbons (Fsp3) is 0.562. The van der Waals surface area contributed by atoms with Gasteiger partial charge in [0.2, 0.25) is 0 Å². The van der Waals surface area contributed by atoms with Gasteiger partial charge in [-0.1, -0.05) is 25.5 Å². The molecule has 100 valence electrons. The lowest BCUT2D eigenvalue weighted by Crippen LogP contribution is -2.07. The highest BCUT2D eigenvalue weighted by Gasteiger charge is 2.17. The normalized spacial score (nSPS) is 19.7. The Morgan fingerprint density at radius 1 is 1.33 bits per heavy atom. The van der Waals surface area contributed by atoms with Gasteiger partial charge in [-0.2, -0.15) is 0 Å². The van der Waals surface area contributed by atoms with Gasteiger partial charge in [0.15, 0.2) is 0 Å². The van der Waals surface area contributed by atoms with Gasteiger partial charge >= 0.3 is 5.97 Å². The SMILES string of the molecule is COC(=O)/C=C(C)\C=C1/CCCC(C)=C1C(C)C. The maximum absolute atomic E-state index is 11.2. The van der Waals surface area contributed by atoms with Gasteiger partial charge in [-0.25, -0.2) is 4.79 Å². The van der Waals surface area contributed by atoms with Crippen molar-refractivity contribution in [2.24, 2.45) is 5.92 Å². The molecule has 0 aromatic carbocycles. The van der Waals surface area contributed by atoms with Gasteiger partial charge in [-0.05, 0) is 55.7 Å². The lowest BCUT2D eigenvalue weighted by atomic mass is 9.81. The molecule has 0 N–H and O–H groups in total. The molecule has 0 unspecified atom stereocenters. The molecule has 0 radical (unpaired) electrons. The number of ether oxygens (including phenoxy) is 1. The first-order valence-corrected chi connectivity index (χ1v) is 6.62. The summed E-state index contributed by atoms with van der Waals surface area (Å²) in [6.45, 7) is 8.64. The van der Waals surface area contributed by atoms with Crippen LogP contribution in [-0.4, -0.2) is 13.1 Å². The van der Waals surface area contributed by atoms with Crippen LogP contribution in [-0.2, 0) is 9.53 Å². The summed E-state index contributed by atoms with van der Waals surface area (Å²) in [5.41, 5.74) is 5.31. The summed E-state index contributed by atoms with van der Waals surface area (Å²) in [6, 6.07) is 0. The zero-order chi connectivity index (χ0) is 13.7. The Bertz CT molecular complexity index is 409. The molecule has 1 aliphatic rings. The van der Waals surface area contributed by atoms with E-state index in [0.29, 0.717) is 5.92 Å². The number of hydrogen-bond donors (Lipinski definition) is 0. The molecule has 18 heavy (non-hydrogen) atoms. The minimum absolute atomic E-state index is 0.285. The van der Waals surface area contributed by atoms with Crippen molar-refractivity contribution < 1.29 is 9.53 Å². The zero-order valence-corrected chi connectivity index (χ0v) is 12.2. The second-order valence-corrected chi connectivity index (χ2v) is 5.28. The van der Waals surface area contributed by atoms with E-state index in [4.69, 9.17) is 0 Å². The standard InChI is InChI=1S/C16H24O2/c1-11(2)16-13(4)7-6-8-14(16)9-12(3)10-15(17)18-5/h9-11H,6-8H2,1-5H3/b12-10-,14-9+. The summed E-state index contributed by atoms with van der Waals surface area (Å²) in [7, 11) is 1.41. The Labute approximate surface area is 110 Å². The number of carbonyl (C=O) groups is 1. The highest BCUT2D eigenvalue weighted by molar-refractivity contribution is 5.83. The summed E-state index contributed by atoms with van der Waals surface area (Å²) < 4.78 is 4.65. The van der Waals surface area contributed by atoms with E-state index in [0.717, 1.165) is 12.0 Å². The van der Waals surface area contributed by atoms with Gasteiger partial charge in [0, 0.05) is 6.08 Å². The van der Waals surface area contributed by atoms with Gasteiger partial charge < -0.3 is 4.74 Å². The van der Waals surface area contributed by atoms with Gasteiger partial charge in [-0.15, -0.1) is 0 Å².